The number of nitrogens with zero attached hydrogens (tertiary/aromatic N) is 1. The van der Waals surface area contributed by atoms with Crippen molar-refractivity contribution in [2.45, 2.75) is 12.5 Å². The van der Waals surface area contributed by atoms with Gasteiger partial charge in [0.1, 0.15) is 0 Å². The number of nitrogens with one attached hydrogen (secondary N) is 1. The molecule has 150 valence electrons. The minimum Gasteiger partial charge on any atom is -0.493 e. The molecule has 6 heteroatoms. The van der Waals surface area contributed by atoms with E-state index in [-0.39, 0.29) is 12.0 Å². The predicted octanol–water partition coefficient (Wildman–Crippen LogP) is 2.90. The second kappa shape index (κ2) is 10.1. The van der Waals surface area contributed by atoms with Gasteiger partial charge in [-0.2, -0.15) is 0 Å². The molecule has 0 aliphatic carbocycles. The van der Waals surface area contributed by atoms with Gasteiger partial charge in [-0.1, -0.05) is 36.4 Å². The fourth-order valence-electron chi connectivity index (χ4n) is 3.44. The monoisotopic (exact) mass is 384 g/mol. The zero-order valence-electron chi connectivity index (χ0n) is 16.5. The number of carbonyl (C=O) groups excluding carboxylic acids is 1. The quantitative estimate of drug-likeness (QED) is 0.709. The third-order valence-electron chi connectivity index (χ3n) is 4.91. The van der Waals surface area contributed by atoms with Crippen molar-refractivity contribution in [3.63, 3.8) is 0 Å². The summed E-state index contributed by atoms with van der Waals surface area (Å²) in [4.78, 5) is 14.9. The van der Waals surface area contributed by atoms with E-state index in [1.165, 1.54) is 12.7 Å². The first-order valence-corrected chi connectivity index (χ1v) is 9.61. The van der Waals surface area contributed by atoms with Crippen LogP contribution < -0.4 is 14.8 Å². The van der Waals surface area contributed by atoms with Gasteiger partial charge in [0.05, 0.1) is 32.5 Å². The van der Waals surface area contributed by atoms with Gasteiger partial charge in [0.2, 0.25) is 0 Å². The van der Waals surface area contributed by atoms with Gasteiger partial charge in [0.15, 0.2) is 11.5 Å². The topological polar surface area (TPSA) is 60.0 Å². The molecular formula is C22H28N2O4. The van der Waals surface area contributed by atoms with Crippen LogP contribution in [-0.4, -0.2) is 57.8 Å². The number of methoxy groups -OCH3 is 2. The summed E-state index contributed by atoms with van der Waals surface area (Å²) in [6.45, 7) is 4.05. The normalized spacial score (nSPS) is 17.1. The summed E-state index contributed by atoms with van der Waals surface area (Å²) in [6, 6.07) is 15.6. The second-order valence-corrected chi connectivity index (χ2v) is 6.72. The smallest absolute Gasteiger partial charge is 0.255 e. The van der Waals surface area contributed by atoms with Crippen LogP contribution in [0.1, 0.15) is 28.4 Å². The van der Waals surface area contributed by atoms with Gasteiger partial charge in [0.25, 0.3) is 5.91 Å². The van der Waals surface area contributed by atoms with E-state index in [0.29, 0.717) is 23.6 Å². The summed E-state index contributed by atoms with van der Waals surface area (Å²) in [5.74, 6) is 0.858. The SMILES string of the molecule is COc1cccc(C(=O)NCCCN2CCO[C@H](c3ccccc3)C2)c1OC. The number of hydrogen-bond donors (Lipinski definition) is 1. The van der Waals surface area contributed by atoms with Crippen LogP contribution in [0.2, 0.25) is 0 Å². The van der Waals surface area contributed by atoms with E-state index in [2.05, 4.69) is 22.3 Å². The van der Waals surface area contributed by atoms with Crippen molar-refractivity contribution in [1.82, 2.24) is 10.2 Å². The van der Waals surface area contributed by atoms with Crippen molar-refractivity contribution in [3.8, 4) is 11.5 Å². The van der Waals surface area contributed by atoms with E-state index >= 15 is 0 Å². The summed E-state index contributed by atoms with van der Waals surface area (Å²) in [5, 5.41) is 2.98. The lowest BCUT2D eigenvalue weighted by atomic mass is 10.1. The summed E-state index contributed by atoms with van der Waals surface area (Å²) in [6.07, 6.45) is 0.991. The number of hydrogen-bond acceptors (Lipinski definition) is 5. The van der Waals surface area contributed by atoms with Gasteiger partial charge >= 0.3 is 0 Å². The fraction of sp³-hybridized carbons (Fsp3) is 0.409. The molecule has 0 bridgehead atoms. The standard InChI is InChI=1S/C22H28N2O4/c1-26-19-11-6-10-18(21(19)27-2)22(25)23-12-7-13-24-14-15-28-20(16-24)17-8-4-3-5-9-17/h3-6,8-11,20H,7,12-16H2,1-2H3,(H,23,25)/t20-/m0/s1. The van der Waals surface area contributed by atoms with Crippen LogP contribution in [0.3, 0.4) is 0 Å². The molecule has 0 unspecified atom stereocenters. The lowest BCUT2D eigenvalue weighted by Gasteiger charge is -2.33. The van der Waals surface area contributed by atoms with Crippen LogP contribution in [-0.2, 0) is 4.74 Å². The van der Waals surface area contributed by atoms with Crippen molar-refractivity contribution >= 4 is 5.91 Å². The third-order valence-corrected chi connectivity index (χ3v) is 4.91. The molecule has 0 aromatic heterocycles. The van der Waals surface area contributed by atoms with Crippen LogP contribution in [0.25, 0.3) is 0 Å². The van der Waals surface area contributed by atoms with Crippen LogP contribution in [0, 0.1) is 0 Å². The second-order valence-electron chi connectivity index (χ2n) is 6.72. The highest BCUT2D eigenvalue weighted by Gasteiger charge is 2.21. The van der Waals surface area contributed by atoms with Crippen molar-refractivity contribution < 1.29 is 19.0 Å². The maximum atomic E-state index is 12.5. The Kier molecular flexibility index (Phi) is 7.28. The van der Waals surface area contributed by atoms with Gasteiger partial charge in [-0.25, -0.2) is 0 Å². The highest BCUT2D eigenvalue weighted by Crippen LogP contribution is 2.30. The Labute approximate surface area is 166 Å². The first kappa shape index (κ1) is 20.2. The Morgan fingerprint density at radius 3 is 2.71 bits per heavy atom. The molecule has 1 amide bonds. The molecule has 1 saturated heterocycles. The Bertz CT molecular complexity index is 766. The predicted molar refractivity (Wildman–Crippen MR) is 108 cm³/mol. The average molecular weight is 384 g/mol. The van der Waals surface area contributed by atoms with E-state index in [4.69, 9.17) is 14.2 Å². The van der Waals surface area contributed by atoms with E-state index in [1.807, 2.05) is 18.2 Å². The van der Waals surface area contributed by atoms with E-state index < -0.39 is 0 Å². The molecule has 6 nitrogen and oxygen atoms in total. The van der Waals surface area contributed by atoms with Crippen molar-refractivity contribution in [1.29, 1.82) is 0 Å². The lowest BCUT2D eigenvalue weighted by Crippen LogP contribution is -2.39. The molecule has 1 aliphatic heterocycles. The highest BCUT2D eigenvalue weighted by atomic mass is 16.5. The maximum absolute atomic E-state index is 12.5. The molecule has 1 atom stereocenters. The molecule has 28 heavy (non-hydrogen) atoms. The highest BCUT2D eigenvalue weighted by molar-refractivity contribution is 5.97. The molecule has 3 rings (SSSR count). The summed E-state index contributed by atoms with van der Waals surface area (Å²) >= 11 is 0. The Balaban J connectivity index is 1.46. The number of rotatable bonds is 8. The molecule has 0 radical (unpaired) electrons. The maximum Gasteiger partial charge on any atom is 0.255 e. The summed E-state index contributed by atoms with van der Waals surface area (Å²) in [5.41, 5.74) is 1.70. The minimum absolute atomic E-state index is 0.116. The summed E-state index contributed by atoms with van der Waals surface area (Å²) < 4.78 is 16.5. The van der Waals surface area contributed by atoms with Gasteiger partial charge in [-0.05, 0) is 24.1 Å². The zero-order valence-corrected chi connectivity index (χ0v) is 16.5. The molecule has 0 saturated carbocycles. The molecule has 1 fully saturated rings. The summed E-state index contributed by atoms with van der Waals surface area (Å²) in [7, 11) is 3.10. The molecular weight excluding hydrogens is 356 g/mol. The minimum atomic E-state index is -0.153. The number of ether oxygens (including phenoxy) is 3. The first-order valence-electron chi connectivity index (χ1n) is 9.61. The molecule has 1 heterocycles. The lowest BCUT2D eigenvalue weighted by molar-refractivity contribution is -0.0301. The number of amides is 1. The van der Waals surface area contributed by atoms with E-state index in [1.54, 1.807) is 25.3 Å². The van der Waals surface area contributed by atoms with Crippen molar-refractivity contribution in [2.24, 2.45) is 0 Å². The Morgan fingerprint density at radius 2 is 1.96 bits per heavy atom. The molecule has 2 aromatic carbocycles. The van der Waals surface area contributed by atoms with Gasteiger partial charge < -0.3 is 19.5 Å². The third kappa shape index (κ3) is 5.03. The van der Waals surface area contributed by atoms with E-state index in [0.717, 1.165) is 32.7 Å². The zero-order chi connectivity index (χ0) is 19.8. The molecule has 2 aromatic rings. The number of benzene rings is 2. The van der Waals surface area contributed by atoms with Crippen LogP contribution in [0.4, 0.5) is 0 Å². The first-order chi connectivity index (χ1) is 13.7. The number of carbonyl (C=O) groups is 1. The van der Waals surface area contributed by atoms with Crippen molar-refractivity contribution in [3.05, 3.63) is 59.7 Å². The largest absolute Gasteiger partial charge is 0.493 e. The molecule has 1 N–H and O–H groups in total. The van der Waals surface area contributed by atoms with Gasteiger partial charge in [-0.15, -0.1) is 0 Å². The van der Waals surface area contributed by atoms with Gasteiger partial charge in [0, 0.05) is 26.2 Å². The fourth-order valence-corrected chi connectivity index (χ4v) is 3.44. The molecule has 1 aliphatic rings. The number of para-hydroxylation sites is 1. The van der Waals surface area contributed by atoms with Crippen LogP contribution >= 0.6 is 0 Å². The number of morpholine rings is 1. The van der Waals surface area contributed by atoms with Crippen LogP contribution in [0.5, 0.6) is 11.5 Å². The Morgan fingerprint density at radius 1 is 1.14 bits per heavy atom. The average Bonchev–Trinajstić information content (AvgIpc) is 2.76. The molecule has 0 spiro atoms. The Hall–Kier alpha value is -2.57. The van der Waals surface area contributed by atoms with Crippen molar-refractivity contribution in [2.75, 3.05) is 47.0 Å². The van der Waals surface area contributed by atoms with E-state index in [9.17, 15) is 4.79 Å². The van der Waals surface area contributed by atoms with Crippen LogP contribution in [0.15, 0.2) is 48.5 Å². The van der Waals surface area contributed by atoms with Gasteiger partial charge in [-0.3, -0.25) is 9.69 Å².